The Morgan fingerprint density at radius 3 is 2.68 bits per heavy atom. The number of amides is 1. The van der Waals surface area contributed by atoms with E-state index in [0.717, 1.165) is 5.56 Å². The minimum absolute atomic E-state index is 0.140. The first kappa shape index (κ1) is 14.3. The summed E-state index contributed by atoms with van der Waals surface area (Å²) >= 11 is 5.10. The second-order valence-electron chi connectivity index (χ2n) is 4.69. The quantitative estimate of drug-likeness (QED) is 0.852. The number of rotatable bonds is 3. The fraction of sp³-hybridized carbons (Fsp3) is 0.125. The number of hydrogen-bond acceptors (Lipinski definition) is 4. The van der Waals surface area contributed by atoms with Crippen molar-refractivity contribution in [2.45, 2.75) is 6.54 Å². The summed E-state index contributed by atoms with van der Waals surface area (Å²) in [4.78, 5) is 12.2. The second-order valence-corrected chi connectivity index (χ2v) is 5.10. The van der Waals surface area contributed by atoms with E-state index < -0.39 is 0 Å². The lowest BCUT2D eigenvalue weighted by Crippen LogP contribution is -2.33. The van der Waals surface area contributed by atoms with Gasteiger partial charge in [-0.3, -0.25) is 4.79 Å². The fourth-order valence-corrected chi connectivity index (χ4v) is 2.14. The van der Waals surface area contributed by atoms with Crippen molar-refractivity contribution in [3.8, 4) is 11.5 Å². The zero-order valence-corrected chi connectivity index (χ0v) is 12.5. The highest BCUT2D eigenvalue weighted by molar-refractivity contribution is 7.82. The first-order valence-corrected chi connectivity index (χ1v) is 7.16. The highest BCUT2D eigenvalue weighted by Gasteiger charge is 2.15. The molecule has 3 rings (SSSR count). The minimum Gasteiger partial charge on any atom is -0.454 e. The van der Waals surface area contributed by atoms with Crippen LogP contribution in [-0.2, 0) is 11.3 Å². The van der Waals surface area contributed by atoms with Crippen molar-refractivity contribution in [1.29, 1.82) is 0 Å². The maximum atomic E-state index is 12.0. The number of fused-ring (bicyclic) bond motifs is 1. The van der Waals surface area contributed by atoms with Gasteiger partial charge in [-0.2, -0.15) is 0 Å². The molecule has 1 aliphatic rings. The van der Waals surface area contributed by atoms with E-state index >= 15 is 0 Å². The van der Waals surface area contributed by atoms with Gasteiger partial charge in [-0.05, 0) is 17.7 Å². The van der Waals surface area contributed by atoms with Crippen LogP contribution in [0.4, 0.5) is 5.69 Å². The molecular weight excluding hydrogens is 300 g/mol. The Labute approximate surface area is 133 Å². The van der Waals surface area contributed by atoms with E-state index in [-0.39, 0.29) is 17.7 Å². The van der Waals surface area contributed by atoms with Crippen molar-refractivity contribution in [2.75, 3.05) is 12.1 Å². The van der Waals surface area contributed by atoms with Crippen LogP contribution in [0.2, 0.25) is 0 Å². The van der Waals surface area contributed by atoms with Gasteiger partial charge in [0.2, 0.25) is 6.79 Å². The molecule has 112 valence electrons. The normalized spacial score (nSPS) is 11.8. The molecule has 0 spiro atoms. The van der Waals surface area contributed by atoms with E-state index in [1.807, 2.05) is 30.3 Å². The van der Waals surface area contributed by atoms with Crippen LogP contribution in [0.1, 0.15) is 5.56 Å². The molecule has 0 fully saturated rings. The fourth-order valence-electron chi connectivity index (χ4n) is 2.02. The van der Waals surface area contributed by atoms with Crippen molar-refractivity contribution in [1.82, 2.24) is 5.32 Å². The third-order valence-corrected chi connectivity index (χ3v) is 3.46. The number of anilines is 1. The summed E-state index contributed by atoms with van der Waals surface area (Å²) < 4.78 is 10.5. The lowest BCUT2D eigenvalue weighted by Gasteiger charge is -2.09. The number of benzene rings is 2. The average Bonchev–Trinajstić information content (AvgIpc) is 3.01. The van der Waals surface area contributed by atoms with Gasteiger partial charge in [0.15, 0.2) is 16.5 Å². The van der Waals surface area contributed by atoms with Gasteiger partial charge < -0.3 is 20.1 Å². The summed E-state index contributed by atoms with van der Waals surface area (Å²) in [5, 5.41) is 5.66. The van der Waals surface area contributed by atoms with Crippen LogP contribution in [0.25, 0.3) is 0 Å². The smallest absolute Gasteiger partial charge is 0.283 e. The zero-order valence-electron chi connectivity index (χ0n) is 11.7. The monoisotopic (exact) mass is 314 g/mol. The van der Waals surface area contributed by atoms with E-state index in [4.69, 9.17) is 21.7 Å². The third kappa shape index (κ3) is 3.35. The summed E-state index contributed by atoms with van der Waals surface area (Å²) in [7, 11) is 0. The van der Waals surface area contributed by atoms with Crippen LogP contribution in [0, 0.1) is 0 Å². The number of thiocarbonyl (C=S) groups is 1. The molecule has 1 amide bonds. The minimum atomic E-state index is -0.357. The third-order valence-electron chi connectivity index (χ3n) is 3.13. The molecule has 2 N–H and O–H groups in total. The van der Waals surface area contributed by atoms with E-state index in [1.165, 1.54) is 0 Å². The molecule has 6 heteroatoms. The molecule has 0 saturated carbocycles. The summed E-state index contributed by atoms with van der Waals surface area (Å²) in [6, 6.07) is 14.9. The second kappa shape index (κ2) is 6.44. The van der Waals surface area contributed by atoms with E-state index in [2.05, 4.69) is 10.6 Å². The van der Waals surface area contributed by atoms with Crippen molar-refractivity contribution < 1.29 is 14.3 Å². The molecule has 1 aliphatic heterocycles. The maximum Gasteiger partial charge on any atom is 0.283 e. The van der Waals surface area contributed by atoms with Gasteiger partial charge in [0, 0.05) is 18.3 Å². The van der Waals surface area contributed by atoms with Crippen LogP contribution in [0.5, 0.6) is 11.5 Å². The number of carbonyl (C=O) groups is 1. The van der Waals surface area contributed by atoms with Gasteiger partial charge in [-0.25, -0.2) is 0 Å². The topological polar surface area (TPSA) is 59.6 Å². The summed E-state index contributed by atoms with van der Waals surface area (Å²) in [6.07, 6.45) is 0. The van der Waals surface area contributed by atoms with Crippen LogP contribution in [0.15, 0.2) is 48.5 Å². The maximum absolute atomic E-state index is 12.0. The van der Waals surface area contributed by atoms with Gasteiger partial charge in [0.25, 0.3) is 5.91 Å². The number of nitrogens with one attached hydrogen (secondary N) is 2. The van der Waals surface area contributed by atoms with Crippen molar-refractivity contribution in [3.63, 3.8) is 0 Å². The van der Waals surface area contributed by atoms with Crippen LogP contribution >= 0.6 is 12.2 Å². The Balaban J connectivity index is 1.56. The van der Waals surface area contributed by atoms with Crippen LogP contribution in [-0.4, -0.2) is 17.7 Å². The van der Waals surface area contributed by atoms with Crippen molar-refractivity contribution >= 4 is 28.8 Å². The predicted molar refractivity (Wildman–Crippen MR) is 87.1 cm³/mol. The molecule has 22 heavy (non-hydrogen) atoms. The number of hydrogen-bond donors (Lipinski definition) is 2. The molecular formula is C16H14N2O3S. The Morgan fingerprint density at radius 1 is 1.09 bits per heavy atom. The summed E-state index contributed by atoms with van der Waals surface area (Å²) in [5.41, 5.74) is 1.67. The molecule has 0 radical (unpaired) electrons. The Morgan fingerprint density at radius 2 is 1.86 bits per heavy atom. The molecule has 0 aliphatic carbocycles. The van der Waals surface area contributed by atoms with E-state index in [1.54, 1.807) is 18.2 Å². The summed E-state index contributed by atoms with van der Waals surface area (Å²) in [5.74, 6) is 0.925. The van der Waals surface area contributed by atoms with Gasteiger partial charge >= 0.3 is 0 Å². The molecule has 2 aromatic carbocycles. The lowest BCUT2D eigenvalue weighted by atomic mass is 10.2. The number of ether oxygens (including phenoxy) is 2. The highest BCUT2D eigenvalue weighted by atomic mass is 32.1. The molecule has 1 heterocycles. The van der Waals surface area contributed by atoms with E-state index in [9.17, 15) is 4.79 Å². The predicted octanol–water partition coefficient (Wildman–Crippen LogP) is 2.47. The van der Waals surface area contributed by atoms with Gasteiger partial charge in [0.1, 0.15) is 0 Å². The highest BCUT2D eigenvalue weighted by Crippen LogP contribution is 2.34. The zero-order chi connectivity index (χ0) is 15.4. The van der Waals surface area contributed by atoms with Crippen molar-refractivity contribution in [2.24, 2.45) is 0 Å². The Bertz CT molecular complexity index is 704. The standard InChI is InChI=1S/C16H14N2O3S/c19-15(16(22)17-9-11-4-2-1-3-5-11)18-12-6-7-13-14(8-12)21-10-20-13/h1-8H,9-10H2,(H,17,22)(H,18,19). The molecule has 0 aromatic heterocycles. The first-order chi connectivity index (χ1) is 10.7. The molecule has 0 saturated heterocycles. The first-order valence-electron chi connectivity index (χ1n) is 6.75. The van der Waals surface area contributed by atoms with Gasteiger partial charge in [-0.1, -0.05) is 42.5 Å². The van der Waals surface area contributed by atoms with Crippen molar-refractivity contribution in [3.05, 3.63) is 54.1 Å². The number of carbonyl (C=O) groups excluding carboxylic acids is 1. The van der Waals surface area contributed by atoms with Crippen LogP contribution < -0.4 is 20.1 Å². The molecule has 0 atom stereocenters. The summed E-state index contributed by atoms with van der Waals surface area (Å²) in [6.45, 7) is 0.706. The SMILES string of the molecule is O=C(Nc1ccc2c(c1)OCO2)C(=S)NCc1ccccc1. The molecule has 0 unspecified atom stereocenters. The van der Waals surface area contributed by atoms with Gasteiger partial charge in [-0.15, -0.1) is 0 Å². The van der Waals surface area contributed by atoms with Crippen LogP contribution in [0.3, 0.4) is 0 Å². The van der Waals surface area contributed by atoms with Gasteiger partial charge in [0.05, 0.1) is 0 Å². The van der Waals surface area contributed by atoms with E-state index in [0.29, 0.717) is 23.7 Å². The average molecular weight is 314 g/mol. The molecule has 5 nitrogen and oxygen atoms in total. The Hall–Kier alpha value is -2.60. The lowest BCUT2D eigenvalue weighted by molar-refractivity contribution is -0.110. The largest absolute Gasteiger partial charge is 0.454 e. The Kier molecular flexibility index (Phi) is 4.20. The molecule has 0 bridgehead atoms. The molecule has 2 aromatic rings.